The van der Waals surface area contributed by atoms with E-state index >= 15 is 0 Å². The highest BCUT2D eigenvalue weighted by molar-refractivity contribution is 7.99. The molecule has 0 saturated heterocycles. The number of methoxy groups -OCH3 is 3. The molecular weight excluding hydrogens is 430 g/mol. The first-order valence-electron chi connectivity index (χ1n) is 10.8. The SMILES string of the molecule is COc1cc(-c2nnc(SC(C)c3nnc(C)o3)n2C2CCCCC2)cc(OC)c1OC. The maximum absolute atomic E-state index is 5.63. The lowest BCUT2D eigenvalue weighted by Crippen LogP contribution is -2.15. The molecule has 0 bridgehead atoms. The second-order valence-corrected chi connectivity index (χ2v) is 9.11. The molecule has 1 aromatic carbocycles. The molecule has 0 amide bonds. The van der Waals surface area contributed by atoms with Gasteiger partial charge in [-0.05, 0) is 31.9 Å². The van der Waals surface area contributed by atoms with Crippen LogP contribution in [0, 0.1) is 6.92 Å². The molecule has 1 aliphatic carbocycles. The summed E-state index contributed by atoms with van der Waals surface area (Å²) >= 11 is 1.58. The fourth-order valence-electron chi connectivity index (χ4n) is 4.12. The zero-order valence-corrected chi connectivity index (χ0v) is 19.9. The fourth-order valence-corrected chi connectivity index (χ4v) is 5.07. The molecule has 2 aromatic heterocycles. The van der Waals surface area contributed by atoms with Crippen molar-refractivity contribution in [3.05, 3.63) is 23.9 Å². The molecule has 0 N–H and O–H groups in total. The Hall–Kier alpha value is -2.75. The minimum atomic E-state index is -0.0458. The summed E-state index contributed by atoms with van der Waals surface area (Å²) < 4.78 is 24.5. The Balaban J connectivity index is 1.77. The van der Waals surface area contributed by atoms with Crippen molar-refractivity contribution in [2.75, 3.05) is 21.3 Å². The van der Waals surface area contributed by atoms with E-state index in [1.165, 1.54) is 19.3 Å². The van der Waals surface area contributed by atoms with Gasteiger partial charge in [0.15, 0.2) is 22.5 Å². The van der Waals surface area contributed by atoms with Crippen molar-refractivity contribution >= 4 is 11.8 Å². The Kier molecular flexibility index (Phi) is 6.88. The second kappa shape index (κ2) is 9.81. The third-order valence-electron chi connectivity index (χ3n) is 5.70. The van der Waals surface area contributed by atoms with Crippen molar-refractivity contribution in [2.24, 2.45) is 0 Å². The first-order chi connectivity index (χ1) is 15.5. The Labute approximate surface area is 191 Å². The van der Waals surface area contributed by atoms with E-state index in [4.69, 9.17) is 18.6 Å². The van der Waals surface area contributed by atoms with Crippen molar-refractivity contribution in [3.8, 4) is 28.6 Å². The van der Waals surface area contributed by atoms with E-state index in [2.05, 4.69) is 25.0 Å². The summed E-state index contributed by atoms with van der Waals surface area (Å²) in [5, 5.41) is 18.1. The van der Waals surface area contributed by atoms with Crippen LogP contribution in [0.1, 0.15) is 62.1 Å². The third kappa shape index (κ3) is 4.41. The van der Waals surface area contributed by atoms with Gasteiger partial charge >= 0.3 is 0 Å². The molecule has 1 fully saturated rings. The van der Waals surface area contributed by atoms with Crippen molar-refractivity contribution < 1.29 is 18.6 Å². The number of benzene rings is 1. The van der Waals surface area contributed by atoms with E-state index in [0.29, 0.717) is 35.1 Å². The molecule has 3 aromatic rings. The van der Waals surface area contributed by atoms with Crippen LogP contribution in [0.25, 0.3) is 11.4 Å². The average molecular weight is 460 g/mol. The zero-order chi connectivity index (χ0) is 22.7. The fraction of sp³-hybridized carbons (Fsp3) is 0.545. The normalized spacial score (nSPS) is 15.5. The molecule has 1 unspecified atom stereocenters. The predicted octanol–water partition coefficient (Wildman–Crippen LogP) is 5.02. The number of aryl methyl sites for hydroxylation is 1. The minimum absolute atomic E-state index is 0.0458. The van der Waals surface area contributed by atoms with Gasteiger partial charge in [0.05, 0.1) is 26.6 Å². The van der Waals surface area contributed by atoms with Crippen LogP contribution in [-0.2, 0) is 0 Å². The Morgan fingerprint density at radius 1 is 0.969 bits per heavy atom. The number of rotatable bonds is 8. The quantitative estimate of drug-likeness (QED) is 0.430. The number of aromatic nitrogens is 5. The van der Waals surface area contributed by atoms with Gasteiger partial charge in [0, 0.05) is 18.5 Å². The first-order valence-corrected chi connectivity index (χ1v) is 11.7. The van der Waals surface area contributed by atoms with Crippen LogP contribution in [0.3, 0.4) is 0 Å². The lowest BCUT2D eigenvalue weighted by molar-refractivity contribution is 0.324. The molecule has 1 saturated carbocycles. The average Bonchev–Trinajstić information content (AvgIpc) is 3.45. The standard InChI is InChI=1S/C22H29N5O4S/c1-13(21-25-23-14(2)31-21)32-22-26-24-20(27(22)16-9-7-6-8-10-16)15-11-17(28-3)19(30-5)18(12-15)29-4/h11-13,16H,6-10H2,1-5H3. The number of nitrogens with zero attached hydrogens (tertiary/aromatic N) is 5. The summed E-state index contributed by atoms with van der Waals surface area (Å²) in [5.41, 5.74) is 0.866. The lowest BCUT2D eigenvalue weighted by Gasteiger charge is -2.26. The Morgan fingerprint density at radius 3 is 2.22 bits per heavy atom. The highest BCUT2D eigenvalue weighted by atomic mass is 32.2. The molecule has 0 radical (unpaired) electrons. The summed E-state index contributed by atoms with van der Waals surface area (Å²) in [6.07, 6.45) is 5.84. The van der Waals surface area contributed by atoms with Gasteiger partial charge in [-0.25, -0.2) is 0 Å². The third-order valence-corrected chi connectivity index (χ3v) is 6.74. The van der Waals surface area contributed by atoms with Crippen LogP contribution >= 0.6 is 11.8 Å². The van der Waals surface area contributed by atoms with E-state index in [-0.39, 0.29) is 5.25 Å². The molecule has 0 aliphatic heterocycles. The van der Waals surface area contributed by atoms with Gasteiger partial charge < -0.3 is 18.6 Å². The van der Waals surface area contributed by atoms with Gasteiger partial charge in [0.25, 0.3) is 0 Å². The van der Waals surface area contributed by atoms with Crippen molar-refractivity contribution in [1.82, 2.24) is 25.0 Å². The highest BCUT2D eigenvalue weighted by Gasteiger charge is 2.27. The van der Waals surface area contributed by atoms with Crippen LogP contribution in [0.2, 0.25) is 0 Å². The number of hydrogen-bond acceptors (Lipinski definition) is 9. The topological polar surface area (TPSA) is 97.3 Å². The van der Waals surface area contributed by atoms with Crippen LogP contribution in [0.4, 0.5) is 0 Å². The summed E-state index contributed by atoms with van der Waals surface area (Å²) in [7, 11) is 4.82. The van der Waals surface area contributed by atoms with E-state index in [1.54, 1.807) is 40.0 Å². The smallest absolute Gasteiger partial charge is 0.229 e. The van der Waals surface area contributed by atoms with Crippen LogP contribution < -0.4 is 14.2 Å². The lowest BCUT2D eigenvalue weighted by atomic mass is 9.95. The van der Waals surface area contributed by atoms with Crippen LogP contribution in [-0.4, -0.2) is 46.3 Å². The molecule has 0 spiro atoms. The summed E-state index contributed by atoms with van der Waals surface area (Å²) in [6.45, 7) is 3.83. The molecule has 172 valence electrons. The first kappa shape index (κ1) is 22.4. The van der Waals surface area contributed by atoms with E-state index in [1.807, 2.05) is 19.1 Å². The molecule has 1 aliphatic rings. The minimum Gasteiger partial charge on any atom is -0.493 e. The Morgan fingerprint density at radius 2 is 1.66 bits per heavy atom. The monoisotopic (exact) mass is 459 g/mol. The van der Waals surface area contributed by atoms with E-state index < -0.39 is 0 Å². The van der Waals surface area contributed by atoms with E-state index in [0.717, 1.165) is 29.4 Å². The van der Waals surface area contributed by atoms with Crippen LogP contribution in [0.5, 0.6) is 17.2 Å². The van der Waals surface area contributed by atoms with Gasteiger partial charge in [-0.1, -0.05) is 31.0 Å². The molecule has 1 atom stereocenters. The number of ether oxygens (including phenoxy) is 3. The van der Waals surface area contributed by atoms with Gasteiger partial charge in [0.1, 0.15) is 0 Å². The number of thioether (sulfide) groups is 1. The van der Waals surface area contributed by atoms with Gasteiger partial charge in [0.2, 0.25) is 17.5 Å². The predicted molar refractivity (Wildman–Crippen MR) is 121 cm³/mol. The molecule has 32 heavy (non-hydrogen) atoms. The molecule has 4 rings (SSSR count). The molecule has 9 nitrogen and oxygen atoms in total. The van der Waals surface area contributed by atoms with Crippen molar-refractivity contribution in [2.45, 2.75) is 62.4 Å². The zero-order valence-electron chi connectivity index (χ0n) is 19.1. The second-order valence-electron chi connectivity index (χ2n) is 7.80. The maximum atomic E-state index is 5.63. The largest absolute Gasteiger partial charge is 0.493 e. The van der Waals surface area contributed by atoms with Gasteiger partial charge in [-0.2, -0.15) is 0 Å². The summed E-state index contributed by atoms with van der Waals surface area (Å²) in [5.74, 6) is 3.65. The number of hydrogen-bond donors (Lipinski definition) is 0. The molecule has 10 heteroatoms. The maximum Gasteiger partial charge on any atom is 0.229 e. The Bertz CT molecular complexity index is 1040. The van der Waals surface area contributed by atoms with Gasteiger partial charge in [-0.3, -0.25) is 4.57 Å². The van der Waals surface area contributed by atoms with Crippen LogP contribution in [0.15, 0.2) is 21.7 Å². The van der Waals surface area contributed by atoms with E-state index in [9.17, 15) is 0 Å². The summed E-state index contributed by atoms with van der Waals surface area (Å²) in [6, 6.07) is 4.17. The molecule has 2 heterocycles. The van der Waals surface area contributed by atoms with Crippen molar-refractivity contribution in [1.29, 1.82) is 0 Å². The molecular formula is C22H29N5O4S. The summed E-state index contributed by atoms with van der Waals surface area (Å²) in [4.78, 5) is 0. The van der Waals surface area contributed by atoms with Crippen molar-refractivity contribution in [3.63, 3.8) is 0 Å². The van der Waals surface area contributed by atoms with Gasteiger partial charge in [-0.15, -0.1) is 20.4 Å². The highest BCUT2D eigenvalue weighted by Crippen LogP contribution is 2.44.